The van der Waals surface area contributed by atoms with Crippen molar-refractivity contribution in [2.75, 3.05) is 0 Å². The molecule has 0 aliphatic carbocycles. The smallest absolute Gasteiger partial charge is 0.408 e. The summed E-state index contributed by atoms with van der Waals surface area (Å²) in [5.74, 6) is -2.02. The molecule has 0 saturated heterocycles. The molecule has 10 heteroatoms. The molecule has 5 N–H and O–H groups in total. The fourth-order valence-electron chi connectivity index (χ4n) is 3.32. The number of phenols is 1. The third-order valence-electron chi connectivity index (χ3n) is 4.86. The van der Waals surface area contributed by atoms with Crippen molar-refractivity contribution in [3.8, 4) is 5.75 Å². The maximum absolute atomic E-state index is 13.8. The van der Waals surface area contributed by atoms with Gasteiger partial charge < -0.3 is 31.1 Å². The first-order valence-corrected chi connectivity index (χ1v) is 11.4. The Hall–Kier alpha value is -3.30. The predicted octanol–water partition coefficient (Wildman–Crippen LogP) is 2.35. The van der Waals surface area contributed by atoms with Crippen molar-refractivity contribution in [1.82, 2.24) is 15.5 Å². The van der Waals surface area contributed by atoms with E-state index in [1.807, 2.05) is 6.92 Å². The average Bonchev–Trinajstić information content (AvgIpc) is 2.67. The Labute approximate surface area is 201 Å². The van der Waals surface area contributed by atoms with E-state index in [0.29, 0.717) is 12.0 Å². The summed E-state index contributed by atoms with van der Waals surface area (Å²) < 4.78 is 5.24. The van der Waals surface area contributed by atoms with Crippen molar-refractivity contribution in [3.05, 3.63) is 29.8 Å². The Morgan fingerprint density at radius 2 is 1.74 bits per heavy atom. The first kappa shape index (κ1) is 28.7. The van der Waals surface area contributed by atoms with Gasteiger partial charge in [0, 0.05) is 12.1 Å². The van der Waals surface area contributed by atoms with Crippen LogP contribution in [0.2, 0.25) is 0 Å². The summed E-state index contributed by atoms with van der Waals surface area (Å²) in [6.45, 7) is 12.2. The number of amides is 4. The number of benzene rings is 1. The summed E-state index contributed by atoms with van der Waals surface area (Å²) in [7, 11) is 0. The number of hydrogen-bond donors (Lipinski definition) is 4. The highest BCUT2D eigenvalue weighted by Gasteiger charge is 2.39. The van der Waals surface area contributed by atoms with Crippen LogP contribution in [0.25, 0.3) is 0 Å². The van der Waals surface area contributed by atoms with Crippen LogP contribution in [-0.2, 0) is 19.1 Å². The van der Waals surface area contributed by atoms with Crippen LogP contribution in [0.15, 0.2) is 24.3 Å². The molecular weight excluding hydrogens is 440 g/mol. The van der Waals surface area contributed by atoms with E-state index in [1.54, 1.807) is 53.7 Å². The minimum Gasteiger partial charge on any atom is -0.508 e. The van der Waals surface area contributed by atoms with Crippen LogP contribution in [0.1, 0.15) is 72.9 Å². The number of carbonyl (C=O) groups is 4. The molecule has 0 bridgehead atoms. The highest BCUT2D eigenvalue weighted by atomic mass is 16.6. The van der Waals surface area contributed by atoms with Gasteiger partial charge in [0.1, 0.15) is 23.4 Å². The highest BCUT2D eigenvalue weighted by molar-refractivity contribution is 5.94. The van der Waals surface area contributed by atoms with Gasteiger partial charge in [-0.05, 0) is 65.7 Å². The highest BCUT2D eigenvalue weighted by Crippen LogP contribution is 2.28. The molecule has 0 saturated carbocycles. The summed E-state index contributed by atoms with van der Waals surface area (Å²) in [6, 6.07) is 2.88. The topological polar surface area (TPSA) is 151 Å². The summed E-state index contributed by atoms with van der Waals surface area (Å²) in [5, 5.41) is 15.3. The Bertz CT molecular complexity index is 880. The maximum atomic E-state index is 13.8. The Morgan fingerprint density at radius 1 is 1.12 bits per heavy atom. The Morgan fingerprint density at radius 3 is 2.21 bits per heavy atom. The molecule has 1 aromatic rings. The van der Waals surface area contributed by atoms with Gasteiger partial charge in [0.05, 0.1) is 6.42 Å². The first-order valence-electron chi connectivity index (χ1n) is 11.4. The van der Waals surface area contributed by atoms with Crippen molar-refractivity contribution in [1.29, 1.82) is 0 Å². The second-order valence-electron chi connectivity index (χ2n) is 9.53. The van der Waals surface area contributed by atoms with E-state index in [9.17, 15) is 24.3 Å². The number of rotatable bonds is 10. The second kappa shape index (κ2) is 12.2. The summed E-state index contributed by atoms with van der Waals surface area (Å²) in [5.41, 5.74) is 4.91. The van der Waals surface area contributed by atoms with Crippen LogP contribution in [0.4, 0.5) is 4.79 Å². The van der Waals surface area contributed by atoms with Gasteiger partial charge in [0.2, 0.25) is 17.7 Å². The van der Waals surface area contributed by atoms with Crippen molar-refractivity contribution in [3.63, 3.8) is 0 Å². The number of primary amides is 1. The Kier molecular flexibility index (Phi) is 10.3. The Balaban J connectivity index is 3.53. The number of aromatic hydroxyl groups is 1. The number of nitrogens with zero attached hydrogens (tertiary/aromatic N) is 1. The molecule has 1 aromatic carbocycles. The van der Waals surface area contributed by atoms with E-state index in [0.717, 1.165) is 0 Å². The lowest BCUT2D eigenvalue weighted by Gasteiger charge is -2.38. The van der Waals surface area contributed by atoms with Gasteiger partial charge in [-0.25, -0.2) is 4.79 Å². The van der Waals surface area contributed by atoms with E-state index in [-0.39, 0.29) is 11.8 Å². The molecule has 3 unspecified atom stereocenters. The van der Waals surface area contributed by atoms with Gasteiger partial charge in [0.15, 0.2) is 0 Å². The van der Waals surface area contributed by atoms with Gasteiger partial charge in [0.25, 0.3) is 0 Å². The van der Waals surface area contributed by atoms with Gasteiger partial charge >= 0.3 is 6.09 Å². The monoisotopic (exact) mass is 478 g/mol. The molecule has 1 rings (SSSR count). The quantitative estimate of drug-likeness (QED) is 0.405. The number of nitrogens with one attached hydrogen (secondary N) is 2. The van der Waals surface area contributed by atoms with Crippen molar-refractivity contribution < 1.29 is 29.0 Å². The van der Waals surface area contributed by atoms with Crippen molar-refractivity contribution in [2.24, 2.45) is 5.73 Å². The van der Waals surface area contributed by atoms with Crippen molar-refractivity contribution >= 4 is 23.8 Å². The lowest BCUT2D eigenvalue weighted by atomic mass is 9.99. The van der Waals surface area contributed by atoms with E-state index < -0.39 is 54.0 Å². The molecule has 3 atom stereocenters. The van der Waals surface area contributed by atoms with Crippen LogP contribution < -0.4 is 16.4 Å². The number of alkyl carbamates (subject to hydrolysis) is 1. The molecule has 0 fully saturated rings. The standard InChI is InChI=1S/C24H38N4O6/c1-8-15(4)28(20(21(31)26-14(2)3)16-10-9-11-17(29)12-16)22(32)18(13-19(25)30)27-23(33)34-24(5,6)7/h9-12,14-15,18,20,29H,8,13H2,1-7H3,(H2,25,30)(H,26,31)(H,27,33). The van der Waals surface area contributed by atoms with Gasteiger partial charge in [-0.1, -0.05) is 19.1 Å². The zero-order chi connectivity index (χ0) is 26.2. The molecule has 0 spiro atoms. The molecule has 0 radical (unpaired) electrons. The lowest BCUT2D eigenvalue weighted by Crippen LogP contribution is -2.56. The number of hydrogen-bond acceptors (Lipinski definition) is 6. The van der Waals surface area contributed by atoms with E-state index >= 15 is 0 Å². The van der Waals surface area contributed by atoms with Crippen LogP contribution in [0.5, 0.6) is 5.75 Å². The molecular formula is C24H38N4O6. The normalized spacial score (nSPS) is 14.0. The van der Waals surface area contributed by atoms with Gasteiger partial charge in [-0.2, -0.15) is 0 Å². The average molecular weight is 479 g/mol. The van der Waals surface area contributed by atoms with Gasteiger partial charge in [-0.15, -0.1) is 0 Å². The molecule has 190 valence electrons. The fraction of sp³-hybridized carbons (Fsp3) is 0.583. The van der Waals surface area contributed by atoms with Crippen LogP contribution in [-0.4, -0.2) is 57.5 Å². The predicted molar refractivity (Wildman–Crippen MR) is 128 cm³/mol. The molecule has 0 aliphatic heterocycles. The van der Waals surface area contributed by atoms with Crippen LogP contribution >= 0.6 is 0 Å². The number of carbonyl (C=O) groups excluding carboxylic acids is 4. The van der Waals surface area contributed by atoms with E-state index in [1.165, 1.54) is 17.0 Å². The first-order chi connectivity index (χ1) is 15.7. The molecule has 0 aromatic heterocycles. The third-order valence-corrected chi connectivity index (χ3v) is 4.86. The molecule has 34 heavy (non-hydrogen) atoms. The van der Waals surface area contributed by atoms with Crippen molar-refractivity contribution in [2.45, 2.75) is 91.1 Å². The van der Waals surface area contributed by atoms with Crippen LogP contribution in [0, 0.1) is 0 Å². The zero-order valence-corrected chi connectivity index (χ0v) is 21.0. The second-order valence-corrected chi connectivity index (χ2v) is 9.53. The number of nitrogens with two attached hydrogens (primary N) is 1. The summed E-state index contributed by atoms with van der Waals surface area (Å²) in [4.78, 5) is 52.6. The van der Waals surface area contributed by atoms with E-state index in [4.69, 9.17) is 10.5 Å². The molecule has 0 aliphatic rings. The molecule has 4 amide bonds. The summed E-state index contributed by atoms with van der Waals surface area (Å²) in [6.07, 6.45) is -0.897. The number of phenolic OH excluding ortho intramolecular Hbond substituents is 1. The number of ether oxygens (including phenoxy) is 1. The SMILES string of the molecule is CCC(C)N(C(=O)C(CC(N)=O)NC(=O)OC(C)(C)C)C(C(=O)NC(C)C)c1cccc(O)c1. The fourth-order valence-corrected chi connectivity index (χ4v) is 3.32. The maximum Gasteiger partial charge on any atom is 0.408 e. The molecule has 0 heterocycles. The summed E-state index contributed by atoms with van der Waals surface area (Å²) >= 11 is 0. The largest absolute Gasteiger partial charge is 0.508 e. The van der Waals surface area contributed by atoms with E-state index in [2.05, 4.69) is 10.6 Å². The van der Waals surface area contributed by atoms with Crippen LogP contribution in [0.3, 0.4) is 0 Å². The molecule has 10 nitrogen and oxygen atoms in total. The van der Waals surface area contributed by atoms with Gasteiger partial charge in [-0.3, -0.25) is 14.4 Å². The minimum absolute atomic E-state index is 0.0723. The lowest BCUT2D eigenvalue weighted by molar-refractivity contribution is -0.146. The minimum atomic E-state index is -1.35. The third kappa shape index (κ3) is 8.92. The zero-order valence-electron chi connectivity index (χ0n) is 21.0.